The van der Waals surface area contributed by atoms with Gasteiger partial charge in [-0.25, -0.2) is 15.0 Å². The van der Waals surface area contributed by atoms with Gasteiger partial charge in [0.2, 0.25) is 0 Å². The van der Waals surface area contributed by atoms with E-state index in [0.29, 0.717) is 18.2 Å². The molecule has 19 heavy (non-hydrogen) atoms. The number of nitrogens with one attached hydrogen (secondary N) is 2. The van der Waals surface area contributed by atoms with Crippen LogP contribution in [-0.2, 0) is 0 Å². The molecule has 6 heteroatoms. The molecule has 4 N–H and O–H groups in total. The molecule has 0 aliphatic heterocycles. The molecule has 2 rings (SSSR count). The molecule has 0 bridgehead atoms. The zero-order chi connectivity index (χ0) is 13.7. The van der Waals surface area contributed by atoms with Crippen LogP contribution in [0.15, 0.2) is 30.5 Å². The highest BCUT2D eigenvalue weighted by Crippen LogP contribution is 2.15. The van der Waals surface area contributed by atoms with Gasteiger partial charge in [-0.15, -0.1) is 0 Å². The number of anilines is 3. The largest absolute Gasteiger partial charge is 0.368 e. The number of nitrogens with two attached hydrogens (primary N) is 1. The Bertz CT molecular complexity index is 526. The first-order chi connectivity index (χ1) is 9.13. The van der Waals surface area contributed by atoms with Crippen molar-refractivity contribution < 1.29 is 0 Å². The molecule has 2 heterocycles. The molecule has 0 fully saturated rings. The molecule has 2 aromatic heterocycles. The summed E-state index contributed by atoms with van der Waals surface area (Å²) in [6.45, 7) is 4.45. The first-order valence-corrected chi connectivity index (χ1v) is 6.16. The second-order valence-electron chi connectivity index (χ2n) is 4.38. The Morgan fingerprint density at radius 2 is 2.00 bits per heavy atom. The fraction of sp³-hybridized carbons (Fsp3) is 0.308. The van der Waals surface area contributed by atoms with Gasteiger partial charge in [0, 0.05) is 24.8 Å². The van der Waals surface area contributed by atoms with Gasteiger partial charge in [-0.05, 0) is 26.0 Å². The minimum absolute atomic E-state index is 0.0717. The van der Waals surface area contributed by atoms with Gasteiger partial charge < -0.3 is 16.4 Å². The van der Waals surface area contributed by atoms with Gasteiger partial charge in [-0.1, -0.05) is 6.07 Å². The molecule has 100 valence electrons. The maximum atomic E-state index is 5.71. The quantitative estimate of drug-likeness (QED) is 0.756. The zero-order valence-corrected chi connectivity index (χ0v) is 11.1. The van der Waals surface area contributed by atoms with Crippen molar-refractivity contribution in [3.63, 3.8) is 0 Å². The van der Waals surface area contributed by atoms with E-state index in [9.17, 15) is 0 Å². The summed E-state index contributed by atoms with van der Waals surface area (Å²) in [5, 5.41) is 6.31. The van der Waals surface area contributed by atoms with Gasteiger partial charge in [-0.3, -0.25) is 0 Å². The smallest absolute Gasteiger partial charge is 0.137 e. The van der Waals surface area contributed by atoms with Crippen LogP contribution in [-0.4, -0.2) is 27.5 Å². The monoisotopic (exact) mass is 258 g/mol. The lowest BCUT2D eigenvalue weighted by molar-refractivity contribution is 0.776. The van der Waals surface area contributed by atoms with Gasteiger partial charge in [0.05, 0.1) is 0 Å². The fourth-order valence-corrected chi connectivity index (χ4v) is 1.56. The van der Waals surface area contributed by atoms with Crippen LogP contribution in [0.5, 0.6) is 0 Å². The molecule has 0 amide bonds. The average Bonchev–Trinajstić information content (AvgIpc) is 2.37. The SMILES string of the molecule is Cc1nc(NCC(C)N)cc(Nc2ccccn2)n1. The molecule has 0 saturated heterocycles. The van der Waals surface area contributed by atoms with Crippen LogP contribution >= 0.6 is 0 Å². The number of nitrogens with zero attached hydrogens (tertiary/aromatic N) is 3. The summed E-state index contributed by atoms with van der Waals surface area (Å²) in [6, 6.07) is 7.57. The van der Waals surface area contributed by atoms with Crippen LogP contribution in [0.25, 0.3) is 0 Å². The van der Waals surface area contributed by atoms with Crippen molar-refractivity contribution in [2.45, 2.75) is 19.9 Å². The maximum Gasteiger partial charge on any atom is 0.137 e. The zero-order valence-electron chi connectivity index (χ0n) is 11.1. The second kappa shape index (κ2) is 6.10. The van der Waals surface area contributed by atoms with Crippen LogP contribution in [0.4, 0.5) is 17.5 Å². The first kappa shape index (κ1) is 13.2. The molecule has 0 spiro atoms. The Balaban J connectivity index is 2.12. The van der Waals surface area contributed by atoms with E-state index in [1.165, 1.54) is 0 Å². The molecule has 1 unspecified atom stereocenters. The molecule has 0 radical (unpaired) electrons. The van der Waals surface area contributed by atoms with Crippen molar-refractivity contribution in [2.75, 3.05) is 17.2 Å². The van der Waals surface area contributed by atoms with Crippen LogP contribution in [0.1, 0.15) is 12.7 Å². The van der Waals surface area contributed by atoms with Crippen LogP contribution in [0, 0.1) is 6.92 Å². The Kier molecular flexibility index (Phi) is 4.25. The van der Waals surface area contributed by atoms with Gasteiger partial charge in [0.15, 0.2) is 0 Å². The van der Waals surface area contributed by atoms with Crippen LogP contribution < -0.4 is 16.4 Å². The molecule has 0 aliphatic carbocycles. The third-order valence-corrected chi connectivity index (χ3v) is 2.36. The van der Waals surface area contributed by atoms with E-state index in [-0.39, 0.29) is 6.04 Å². The number of pyridine rings is 1. The van der Waals surface area contributed by atoms with Gasteiger partial charge in [0.1, 0.15) is 23.3 Å². The summed E-state index contributed by atoms with van der Waals surface area (Å²) in [4.78, 5) is 12.8. The molecule has 0 aliphatic rings. The second-order valence-corrected chi connectivity index (χ2v) is 4.38. The van der Waals surface area contributed by atoms with Gasteiger partial charge >= 0.3 is 0 Å². The maximum absolute atomic E-state index is 5.71. The van der Waals surface area contributed by atoms with Crippen LogP contribution in [0.3, 0.4) is 0 Å². The van der Waals surface area contributed by atoms with E-state index in [0.717, 1.165) is 11.6 Å². The van der Waals surface area contributed by atoms with E-state index in [2.05, 4.69) is 25.6 Å². The molecular formula is C13H18N6. The van der Waals surface area contributed by atoms with E-state index >= 15 is 0 Å². The lowest BCUT2D eigenvalue weighted by atomic mass is 10.3. The molecule has 0 saturated carbocycles. The standard InChI is InChI=1S/C13H18N6/c1-9(14)8-16-12-7-13(18-10(2)17-12)19-11-5-3-4-6-15-11/h3-7,9H,8,14H2,1-2H3,(H2,15,16,17,18,19). The Morgan fingerprint density at radius 1 is 1.21 bits per heavy atom. The minimum Gasteiger partial charge on any atom is -0.368 e. The highest BCUT2D eigenvalue weighted by Gasteiger charge is 2.03. The summed E-state index contributed by atoms with van der Waals surface area (Å²) in [5.74, 6) is 2.90. The van der Waals surface area contributed by atoms with Crippen molar-refractivity contribution in [3.05, 3.63) is 36.3 Å². The number of aryl methyl sites for hydroxylation is 1. The van der Waals surface area contributed by atoms with Crippen molar-refractivity contribution in [2.24, 2.45) is 5.73 Å². The number of rotatable bonds is 5. The lowest BCUT2D eigenvalue weighted by Crippen LogP contribution is -2.25. The van der Waals surface area contributed by atoms with Gasteiger partial charge in [-0.2, -0.15) is 0 Å². The minimum atomic E-state index is 0.0717. The van der Waals surface area contributed by atoms with Crippen molar-refractivity contribution in [1.82, 2.24) is 15.0 Å². The predicted octanol–water partition coefficient (Wildman–Crippen LogP) is 1.68. The van der Waals surface area contributed by atoms with Crippen LogP contribution in [0.2, 0.25) is 0 Å². The van der Waals surface area contributed by atoms with E-state index < -0.39 is 0 Å². The molecule has 1 atom stereocenters. The third-order valence-electron chi connectivity index (χ3n) is 2.36. The Hall–Kier alpha value is -2.21. The normalized spacial score (nSPS) is 11.9. The Labute approximate surface area is 112 Å². The number of hydrogen-bond acceptors (Lipinski definition) is 6. The van der Waals surface area contributed by atoms with Crippen molar-refractivity contribution in [1.29, 1.82) is 0 Å². The van der Waals surface area contributed by atoms with Gasteiger partial charge in [0.25, 0.3) is 0 Å². The summed E-state index contributed by atoms with van der Waals surface area (Å²) in [7, 11) is 0. The molecule has 6 nitrogen and oxygen atoms in total. The summed E-state index contributed by atoms with van der Waals surface area (Å²) < 4.78 is 0. The van der Waals surface area contributed by atoms with E-state index in [1.807, 2.05) is 38.1 Å². The van der Waals surface area contributed by atoms with Crippen molar-refractivity contribution in [3.8, 4) is 0 Å². The number of hydrogen-bond donors (Lipinski definition) is 3. The summed E-state index contributed by atoms with van der Waals surface area (Å²) >= 11 is 0. The topological polar surface area (TPSA) is 88.8 Å². The first-order valence-electron chi connectivity index (χ1n) is 6.16. The summed E-state index contributed by atoms with van der Waals surface area (Å²) in [5.41, 5.74) is 5.71. The average molecular weight is 258 g/mol. The third kappa shape index (κ3) is 4.18. The molecule has 2 aromatic rings. The summed E-state index contributed by atoms with van der Waals surface area (Å²) in [6.07, 6.45) is 1.73. The highest BCUT2D eigenvalue weighted by atomic mass is 15.1. The van der Waals surface area contributed by atoms with Crippen molar-refractivity contribution >= 4 is 17.5 Å². The number of aromatic nitrogens is 3. The molecule has 0 aromatic carbocycles. The molecular weight excluding hydrogens is 240 g/mol. The lowest BCUT2D eigenvalue weighted by Gasteiger charge is -2.11. The van der Waals surface area contributed by atoms with E-state index in [1.54, 1.807) is 6.20 Å². The predicted molar refractivity (Wildman–Crippen MR) is 76.4 cm³/mol. The Morgan fingerprint density at radius 3 is 2.68 bits per heavy atom. The highest BCUT2D eigenvalue weighted by molar-refractivity contribution is 5.55. The van der Waals surface area contributed by atoms with E-state index in [4.69, 9.17) is 5.73 Å². The fourth-order valence-electron chi connectivity index (χ4n) is 1.56.